The summed E-state index contributed by atoms with van der Waals surface area (Å²) in [4.78, 5) is 17.0. The number of halogens is 1. The van der Waals surface area contributed by atoms with Gasteiger partial charge in [-0.05, 0) is 47.2 Å². The van der Waals surface area contributed by atoms with Gasteiger partial charge in [-0.2, -0.15) is 5.10 Å². The van der Waals surface area contributed by atoms with Crippen molar-refractivity contribution in [2.24, 2.45) is 0 Å². The Balaban J connectivity index is 1.61. The van der Waals surface area contributed by atoms with E-state index >= 15 is 0 Å². The van der Waals surface area contributed by atoms with Gasteiger partial charge in [0.05, 0.1) is 12.2 Å². The largest absolute Gasteiger partial charge is 0.396 e. The maximum absolute atomic E-state index is 13.6. The van der Waals surface area contributed by atoms with Crippen molar-refractivity contribution < 1.29 is 14.3 Å². The second-order valence-electron chi connectivity index (χ2n) is 6.71. The Kier molecular flexibility index (Phi) is 5.31. The summed E-state index contributed by atoms with van der Waals surface area (Å²) in [5.74, 6) is -0.779. The van der Waals surface area contributed by atoms with Gasteiger partial charge in [-0.25, -0.2) is 4.39 Å². The van der Waals surface area contributed by atoms with Crippen LogP contribution in [0.2, 0.25) is 0 Å². The summed E-state index contributed by atoms with van der Waals surface area (Å²) in [6.07, 6.45) is 5.45. The molecule has 6 nitrogen and oxygen atoms in total. The lowest BCUT2D eigenvalue weighted by molar-refractivity contribution is 0.0925. The predicted octanol–water partition coefficient (Wildman–Crippen LogP) is 3.62. The highest BCUT2D eigenvalue weighted by Gasteiger charge is 2.17. The van der Waals surface area contributed by atoms with Crippen LogP contribution in [0.3, 0.4) is 0 Å². The lowest BCUT2D eigenvalue weighted by Gasteiger charge is -2.18. The molecule has 0 fully saturated rings. The Bertz CT molecular complexity index is 1140. The van der Waals surface area contributed by atoms with Crippen LogP contribution in [0.5, 0.6) is 0 Å². The topological polar surface area (TPSA) is 90.9 Å². The first kappa shape index (κ1) is 18.8. The summed E-state index contributed by atoms with van der Waals surface area (Å²) in [7, 11) is 0. The molecule has 2 aromatic carbocycles. The first-order valence-corrected chi connectivity index (χ1v) is 9.20. The van der Waals surface area contributed by atoms with Crippen LogP contribution in [0, 0.1) is 5.82 Å². The molecule has 0 aliphatic carbocycles. The van der Waals surface area contributed by atoms with Gasteiger partial charge < -0.3 is 10.4 Å². The van der Waals surface area contributed by atoms with E-state index in [4.69, 9.17) is 0 Å². The molecular formula is C22H19FN4O2. The van der Waals surface area contributed by atoms with Gasteiger partial charge in [0.2, 0.25) is 0 Å². The monoisotopic (exact) mass is 390 g/mol. The van der Waals surface area contributed by atoms with Crippen LogP contribution in [-0.2, 0) is 0 Å². The smallest absolute Gasteiger partial charge is 0.270 e. The van der Waals surface area contributed by atoms with Crippen molar-refractivity contribution >= 4 is 16.7 Å². The van der Waals surface area contributed by atoms with Gasteiger partial charge in [-0.1, -0.05) is 24.3 Å². The standard InChI is InChI=1S/C22H19FN4O2/c23-19-3-1-2-15(9-19)20(6-7-28)27-22(29)21-10-17-8-14(18-12-25-26-13-18)4-5-16(17)11-24-21/h1-5,8-13,20,28H,6-7H2,(H,25,26)(H,27,29). The quantitative estimate of drug-likeness (QED) is 0.469. The number of hydrogen-bond acceptors (Lipinski definition) is 4. The Morgan fingerprint density at radius 2 is 2.00 bits per heavy atom. The maximum atomic E-state index is 13.6. The Labute approximate surface area is 166 Å². The number of H-pyrrole nitrogens is 1. The molecule has 1 unspecified atom stereocenters. The first-order chi connectivity index (χ1) is 14.1. The summed E-state index contributed by atoms with van der Waals surface area (Å²) >= 11 is 0. The van der Waals surface area contributed by atoms with Gasteiger partial charge in [-0.15, -0.1) is 0 Å². The molecule has 0 bridgehead atoms. The van der Waals surface area contributed by atoms with Crippen LogP contribution < -0.4 is 5.32 Å². The maximum Gasteiger partial charge on any atom is 0.270 e. The molecule has 0 aliphatic rings. The third-order valence-corrected chi connectivity index (χ3v) is 4.76. The molecule has 4 rings (SSSR count). The molecule has 4 aromatic rings. The third kappa shape index (κ3) is 4.14. The van der Waals surface area contributed by atoms with Crippen LogP contribution in [0.4, 0.5) is 4.39 Å². The van der Waals surface area contributed by atoms with Crippen LogP contribution in [-0.4, -0.2) is 32.8 Å². The van der Waals surface area contributed by atoms with Gasteiger partial charge in [0.1, 0.15) is 11.5 Å². The fraction of sp³-hybridized carbons (Fsp3) is 0.136. The summed E-state index contributed by atoms with van der Waals surface area (Å²) < 4.78 is 13.6. The second-order valence-corrected chi connectivity index (χ2v) is 6.71. The number of pyridine rings is 1. The molecule has 1 amide bonds. The van der Waals surface area contributed by atoms with E-state index in [0.717, 1.165) is 21.9 Å². The average molecular weight is 390 g/mol. The van der Waals surface area contributed by atoms with E-state index in [1.54, 1.807) is 36.8 Å². The number of fused-ring (bicyclic) bond motifs is 1. The first-order valence-electron chi connectivity index (χ1n) is 9.20. The number of nitrogens with one attached hydrogen (secondary N) is 2. The Morgan fingerprint density at radius 1 is 1.10 bits per heavy atom. The van der Waals surface area contributed by atoms with Crippen LogP contribution >= 0.6 is 0 Å². The van der Waals surface area contributed by atoms with Gasteiger partial charge in [-0.3, -0.25) is 14.9 Å². The number of rotatable bonds is 6. The number of benzene rings is 2. The minimum atomic E-state index is -0.516. The van der Waals surface area contributed by atoms with Crippen molar-refractivity contribution in [2.75, 3.05) is 6.61 Å². The molecular weight excluding hydrogens is 371 g/mol. The fourth-order valence-electron chi connectivity index (χ4n) is 3.26. The second kappa shape index (κ2) is 8.20. The number of carbonyl (C=O) groups is 1. The zero-order valence-electron chi connectivity index (χ0n) is 15.5. The van der Waals surface area contributed by atoms with Gasteiger partial charge in [0.15, 0.2) is 0 Å². The zero-order chi connectivity index (χ0) is 20.2. The average Bonchev–Trinajstić information content (AvgIpc) is 3.27. The third-order valence-electron chi connectivity index (χ3n) is 4.76. The lowest BCUT2D eigenvalue weighted by atomic mass is 10.0. The summed E-state index contributed by atoms with van der Waals surface area (Å²) in [6, 6.07) is 13.1. The minimum Gasteiger partial charge on any atom is -0.396 e. The summed E-state index contributed by atoms with van der Waals surface area (Å²) in [5.41, 5.74) is 2.77. The number of aromatic nitrogens is 3. The number of aromatic amines is 1. The zero-order valence-corrected chi connectivity index (χ0v) is 15.5. The highest BCUT2D eigenvalue weighted by Crippen LogP contribution is 2.24. The molecule has 0 saturated carbocycles. The molecule has 1 atom stereocenters. The van der Waals surface area contributed by atoms with Gasteiger partial charge in [0.25, 0.3) is 5.91 Å². The predicted molar refractivity (Wildman–Crippen MR) is 108 cm³/mol. The minimum absolute atomic E-state index is 0.138. The van der Waals surface area contributed by atoms with Crippen LogP contribution in [0.1, 0.15) is 28.5 Å². The number of amides is 1. The Morgan fingerprint density at radius 3 is 2.76 bits per heavy atom. The molecule has 0 spiro atoms. The van der Waals surface area contributed by atoms with Gasteiger partial charge in [0, 0.05) is 30.0 Å². The van der Waals surface area contributed by atoms with E-state index in [1.807, 2.05) is 18.2 Å². The fourth-order valence-corrected chi connectivity index (χ4v) is 3.26. The van der Waals surface area contributed by atoms with Crippen molar-refractivity contribution in [3.05, 3.63) is 84.2 Å². The number of nitrogens with zero attached hydrogens (tertiary/aromatic N) is 2. The van der Waals surface area contributed by atoms with E-state index in [-0.39, 0.29) is 24.6 Å². The van der Waals surface area contributed by atoms with E-state index in [0.29, 0.717) is 5.56 Å². The van der Waals surface area contributed by atoms with Crippen LogP contribution in [0.15, 0.2) is 67.1 Å². The number of carbonyl (C=O) groups excluding carboxylic acids is 1. The highest BCUT2D eigenvalue weighted by molar-refractivity contribution is 5.97. The van der Waals surface area contributed by atoms with Crippen molar-refractivity contribution in [3.8, 4) is 11.1 Å². The van der Waals surface area contributed by atoms with E-state index < -0.39 is 11.9 Å². The molecule has 2 aromatic heterocycles. The van der Waals surface area contributed by atoms with Crippen molar-refractivity contribution in [1.29, 1.82) is 0 Å². The number of aliphatic hydroxyl groups is 1. The van der Waals surface area contributed by atoms with E-state index in [1.165, 1.54) is 12.1 Å². The normalized spacial score (nSPS) is 12.1. The molecule has 7 heteroatoms. The number of aliphatic hydroxyl groups excluding tert-OH is 1. The highest BCUT2D eigenvalue weighted by atomic mass is 19.1. The summed E-state index contributed by atoms with van der Waals surface area (Å²) in [5, 5.41) is 20.7. The molecule has 0 aliphatic heterocycles. The summed E-state index contributed by atoms with van der Waals surface area (Å²) in [6.45, 7) is -0.138. The number of hydrogen-bond donors (Lipinski definition) is 3. The molecule has 0 radical (unpaired) electrons. The van der Waals surface area contributed by atoms with Gasteiger partial charge >= 0.3 is 0 Å². The van der Waals surface area contributed by atoms with E-state index in [9.17, 15) is 14.3 Å². The molecule has 2 heterocycles. The van der Waals surface area contributed by atoms with E-state index in [2.05, 4.69) is 20.5 Å². The lowest BCUT2D eigenvalue weighted by Crippen LogP contribution is -2.30. The molecule has 146 valence electrons. The van der Waals surface area contributed by atoms with Crippen molar-refractivity contribution in [3.63, 3.8) is 0 Å². The SMILES string of the molecule is O=C(NC(CCO)c1cccc(F)c1)c1cc2cc(-c3cn[nH]c3)ccc2cn1. The molecule has 3 N–H and O–H groups in total. The molecule has 29 heavy (non-hydrogen) atoms. The van der Waals surface area contributed by atoms with Crippen molar-refractivity contribution in [2.45, 2.75) is 12.5 Å². The Hall–Kier alpha value is -3.58. The van der Waals surface area contributed by atoms with Crippen LogP contribution in [0.25, 0.3) is 21.9 Å². The molecule has 0 saturated heterocycles. The van der Waals surface area contributed by atoms with Crippen molar-refractivity contribution in [1.82, 2.24) is 20.5 Å².